The zero-order chi connectivity index (χ0) is 19.4. The van der Waals surface area contributed by atoms with E-state index >= 15 is 0 Å². The van der Waals surface area contributed by atoms with Gasteiger partial charge in [0.05, 0.1) is 16.2 Å². The minimum absolute atomic E-state index is 0.114. The van der Waals surface area contributed by atoms with E-state index in [-0.39, 0.29) is 17.2 Å². The second-order valence-corrected chi connectivity index (χ2v) is 6.78. The molecule has 1 fully saturated rings. The first-order valence-electron chi connectivity index (χ1n) is 8.90. The summed E-state index contributed by atoms with van der Waals surface area (Å²) in [6.07, 6.45) is 1.93. The molecule has 0 aliphatic carbocycles. The lowest BCUT2D eigenvalue weighted by atomic mass is 9.98. The molecule has 1 saturated heterocycles. The molecule has 0 unspecified atom stereocenters. The fraction of sp³-hybridized carbons (Fsp3) is 0.300. The van der Waals surface area contributed by atoms with Gasteiger partial charge in [-0.25, -0.2) is 0 Å². The minimum Gasteiger partial charge on any atom is -0.339 e. The van der Waals surface area contributed by atoms with Crippen LogP contribution in [0.15, 0.2) is 48.5 Å². The molecule has 0 radical (unpaired) electrons. The van der Waals surface area contributed by atoms with Gasteiger partial charge in [0, 0.05) is 30.8 Å². The number of piperidine rings is 1. The van der Waals surface area contributed by atoms with Crippen LogP contribution < -0.4 is 5.32 Å². The van der Waals surface area contributed by atoms with Gasteiger partial charge >= 0.3 is 0 Å². The van der Waals surface area contributed by atoms with Gasteiger partial charge < -0.3 is 10.2 Å². The molecule has 7 heteroatoms. The molecule has 1 heterocycles. The van der Waals surface area contributed by atoms with Crippen LogP contribution in [0.2, 0.25) is 0 Å². The Bertz CT molecular complexity index is 873. The Morgan fingerprint density at radius 2 is 1.81 bits per heavy atom. The van der Waals surface area contributed by atoms with Gasteiger partial charge in [0.2, 0.25) is 0 Å². The van der Waals surface area contributed by atoms with Crippen LogP contribution in [0.4, 0.5) is 11.4 Å². The summed E-state index contributed by atoms with van der Waals surface area (Å²) in [7, 11) is 0. The van der Waals surface area contributed by atoms with Crippen molar-refractivity contribution < 1.29 is 14.5 Å². The zero-order valence-corrected chi connectivity index (χ0v) is 15.1. The molecule has 140 valence electrons. The number of nitro groups is 1. The second-order valence-electron chi connectivity index (χ2n) is 6.78. The Balaban J connectivity index is 1.80. The van der Waals surface area contributed by atoms with E-state index in [1.54, 1.807) is 29.2 Å². The number of non-ortho nitro benzene ring substituents is 1. The molecule has 2 aromatic rings. The highest BCUT2D eigenvalue weighted by atomic mass is 16.6. The fourth-order valence-corrected chi connectivity index (χ4v) is 3.12. The van der Waals surface area contributed by atoms with Gasteiger partial charge in [-0.2, -0.15) is 0 Å². The van der Waals surface area contributed by atoms with Crippen molar-refractivity contribution >= 4 is 23.2 Å². The molecule has 7 nitrogen and oxygen atoms in total. The summed E-state index contributed by atoms with van der Waals surface area (Å²) in [5.41, 5.74) is 0.830. The number of anilines is 1. The van der Waals surface area contributed by atoms with Crippen LogP contribution in [0, 0.1) is 16.0 Å². The number of nitro benzene ring substituents is 1. The van der Waals surface area contributed by atoms with Crippen LogP contribution in [-0.2, 0) is 0 Å². The molecule has 3 rings (SSSR count). The van der Waals surface area contributed by atoms with Crippen LogP contribution >= 0.6 is 0 Å². The van der Waals surface area contributed by atoms with Gasteiger partial charge in [-0.15, -0.1) is 0 Å². The Kier molecular flexibility index (Phi) is 5.49. The van der Waals surface area contributed by atoms with Gasteiger partial charge in [-0.3, -0.25) is 19.7 Å². The first-order valence-corrected chi connectivity index (χ1v) is 8.90. The van der Waals surface area contributed by atoms with E-state index in [1.807, 2.05) is 0 Å². The van der Waals surface area contributed by atoms with Crippen molar-refractivity contribution in [3.8, 4) is 0 Å². The molecule has 2 amide bonds. The van der Waals surface area contributed by atoms with Crippen LogP contribution in [-0.4, -0.2) is 34.7 Å². The third kappa shape index (κ3) is 4.31. The SMILES string of the molecule is CC1CCN(C(=O)c2ccccc2NC(=O)c2cccc([N+](=O)[O-])c2)CC1. The maximum atomic E-state index is 12.9. The Labute approximate surface area is 157 Å². The number of likely N-dealkylation sites (tertiary alicyclic amines) is 1. The van der Waals surface area contributed by atoms with Crippen LogP contribution in [0.1, 0.15) is 40.5 Å². The standard InChI is InChI=1S/C20H21N3O4/c1-14-9-11-22(12-10-14)20(25)17-7-2-3-8-18(17)21-19(24)15-5-4-6-16(13-15)23(26)27/h2-8,13-14H,9-12H2,1H3,(H,21,24). The quantitative estimate of drug-likeness (QED) is 0.658. The lowest BCUT2D eigenvalue weighted by Gasteiger charge is -2.30. The molecule has 27 heavy (non-hydrogen) atoms. The number of amides is 2. The largest absolute Gasteiger partial charge is 0.339 e. The summed E-state index contributed by atoms with van der Waals surface area (Å²) in [5.74, 6) is 0.000858. The summed E-state index contributed by atoms with van der Waals surface area (Å²) in [6.45, 7) is 3.58. The molecule has 0 saturated carbocycles. The normalized spacial score (nSPS) is 14.6. The molecular formula is C20H21N3O4. The minimum atomic E-state index is -0.550. The summed E-state index contributed by atoms with van der Waals surface area (Å²) < 4.78 is 0. The number of carbonyl (C=O) groups excluding carboxylic acids is 2. The average molecular weight is 367 g/mol. The van der Waals surface area contributed by atoms with Gasteiger partial charge in [-0.1, -0.05) is 25.1 Å². The highest BCUT2D eigenvalue weighted by Gasteiger charge is 2.24. The monoisotopic (exact) mass is 367 g/mol. The lowest BCUT2D eigenvalue weighted by Crippen LogP contribution is -2.38. The van der Waals surface area contributed by atoms with E-state index in [0.717, 1.165) is 12.8 Å². The predicted molar refractivity (Wildman–Crippen MR) is 102 cm³/mol. The highest BCUT2D eigenvalue weighted by Crippen LogP contribution is 2.23. The molecule has 2 aromatic carbocycles. The summed E-state index contributed by atoms with van der Waals surface area (Å²) in [5, 5.41) is 13.6. The lowest BCUT2D eigenvalue weighted by molar-refractivity contribution is -0.384. The van der Waals surface area contributed by atoms with Crippen LogP contribution in [0.5, 0.6) is 0 Å². The average Bonchev–Trinajstić information content (AvgIpc) is 2.68. The van der Waals surface area contributed by atoms with Crippen molar-refractivity contribution in [1.82, 2.24) is 4.90 Å². The van der Waals surface area contributed by atoms with Crippen LogP contribution in [0.3, 0.4) is 0 Å². The van der Waals surface area contributed by atoms with Gasteiger partial charge in [0.15, 0.2) is 0 Å². The topological polar surface area (TPSA) is 92.6 Å². The van der Waals surface area contributed by atoms with E-state index in [9.17, 15) is 19.7 Å². The van der Waals surface area contributed by atoms with E-state index < -0.39 is 10.8 Å². The Hall–Kier alpha value is -3.22. The van der Waals surface area contributed by atoms with E-state index in [1.165, 1.54) is 24.3 Å². The molecule has 0 aromatic heterocycles. The number of hydrogen-bond acceptors (Lipinski definition) is 4. The summed E-state index contributed by atoms with van der Waals surface area (Å²) in [6, 6.07) is 12.3. The van der Waals surface area contributed by atoms with E-state index in [2.05, 4.69) is 12.2 Å². The van der Waals surface area contributed by atoms with Crippen molar-refractivity contribution in [2.45, 2.75) is 19.8 Å². The Morgan fingerprint density at radius 3 is 2.52 bits per heavy atom. The van der Waals surface area contributed by atoms with Gasteiger partial charge in [0.25, 0.3) is 17.5 Å². The Morgan fingerprint density at radius 1 is 1.11 bits per heavy atom. The molecule has 0 atom stereocenters. The number of nitrogens with one attached hydrogen (secondary N) is 1. The molecule has 1 N–H and O–H groups in total. The number of para-hydroxylation sites is 1. The van der Waals surface area contributed by atoms with Crippen LogP contribution in [0.25, 0.3) is 0 Å². The summed E-state index contributed by atoms with van der Waals surface area (Å²) >= 11 is 0. The molecule has 0 spiro atoms. The van der Waals surface area contributed by atoms with Gasteiger partial charge in [-0.05, 0) is 37.0 Å². The van der Waals surface area contributed by atoms with Crippen molar-refractivity contribution in [2.75, 3.05) is 18.4 Å². The maximum absolute atomic E-state index is 12.9. The molecule has 1 aliphatic rings. The molecule has 1 aliphatic heterocycles. The third-order valence-electron chi connectivity index (χ3n) is 4.80. The number of carbonyl (C=O) groups is 2. The number of benzene rings is 2. The van der Waals surface area contributed by atoms with E-state index in [4.69, 9.17) is 0 Å². The van der Waals surface area contributed by atoms with E-state index in [0.29, 0.717) is 30.3 Å². The first kappa shape index (κ1) is 18.6. The maximum Gasteiger partial charge on any atom is 0.270 e. The number of nitrogens with zero attached hydrogens (tertiary/aromatic N) is 2. The second kappa shape index (κ2) is 7.99. The van der Waals surface area contributed by atoms with Gasteiger partial charge in [0.1, 0.15) is 0 Å². The molecular weight excluding hydrogens is 346 g/mol. The highest BCUT2D eigenvalue weighted by molar-refractivity contribution is 6.09. The fourth-order valence-electron chi connectivity index (χ4n) is 3.12. The smallest absolute Gasteiger partial charge is 0.270 e. The zero-order valence-electron chi connectivity index (χ0n) is 15.1. The van der Waals surface area contributed by atoms with Crippen molar-refractivity contribution in [2.24, 2.45) is 5.92 Å². The van der Waals surface area contributed by atoms with Crippen molar-refractivity contribution in [1.29, 1.82) is 0 Å². The third-order valence-corrected chi connectivity index (χ3v) is 4.80. The first-order chi connectivity index (χ1) is 13.0. The number of hydrogen-bond donors (Lipinski definition) is 1. The predicted octanol–water partition coefficient (Wildman–Crippen LogP) is 3.72. The van der Waals surface area contributed by atoms with Crippen molar-refractivity contribution in [3.05, 3.63) is 69.8 Å². The summed E-state index contributed by atoms with van der Waals surface area (Å²) in [4.78, 5) is 37.6. The molecule has 0 bridgehead atoms. The van der Waals surface area contributed by atoms with Crippen molar-refractivity contribution in [3.63, 3.8) is 0 Å². The number of rotatable bonds is 4.